The van der Waals surface area contributed by atoms with Gasteiger partial charge in [-0.25, -0.2) is 4.79 Å². The minimum Gasteiger partial charge on any atom is -0.467 e. The highest BCUT2D eigenvalue weighted by atomic mass is 17.2. The van der Waals surface area contributed by atoms with Crippen molar-refractivity contribution in [3.63, 3.8) is 0 Å². The molecule has 0 saturated heterocycles. The van der Waals surface area contributed by atoms with E-state index in [1.807, 2.05) is 12.1 Å². The number of fused-ring (bicyclic) bond motifs is 2. The van der Waals surface area contributed by atoms with Gasteiger partial charge in [0.1, 0.15) is 6.04 Å². The van der Waals surface area contributed by atoms with Crippen LogP contribution in [0.1, 0.15) is 32.7 Å². The fraction of sp³-hybridized carbons (Fsp3) is 0.150. The molecule has 0 spiro atoms. The fourth-order valence-corrected chi connectivity index (χ4v) is 3.16. The maximum absolute atomic E-state index is 12.7. The minimum absolute atomic E-state index is 0.0630. The average Bonchev–Trinajstić information content (AvgIpc) is 2.96. The fourth-order valence-electron chi connectivity index (χ4n) is 3.16. The summed E-state index contributed by atoms with van der Waals surface area (Å²) in [5.74, 6) is -0.947. The Morgan fingerprint density at radius 2 is 1.63 bits per heavy atom. The Morgan fingerprint density at radius 3 is 2.30 bits per heavy atom. The zero-order chi connectivity index (χ0) is 19.0. The van der Waals surface area contributed by atoms with Gasteiger partial charge in [0.15, 0.2) is 11.5 Å². The van der Waals surface area contributed by atoms with Gasteiger partial charge in [-0.15, -0.1) is 0 Å². The molecular formula is C20H15NO6. The van der Waals surface area contributed by atoms with Crippen molar-refractivity contribution in [2.45, 2.75) is 12.5 Å². The van der Waals surface area contributed by atoms with Crippen molar-refractivity contribution >= 4 is 23.9 Å². The third-order valence-electron chi connectivity index (χ3n) is 4.48. The number of para-hydroxylation sites is 1. The van der Waals surface area contributed by atoms with Gasteiger partial charge in [-0.05, 0) is 24.3 Å². The first-order chi connectivity index (χ1) is 13.1. The molecule has 7 nitrogen and oxygen atoms in total. The first-order valence-corrected chi connectivity index (χ1v) is 8.29. The van der Waals surface area contributed by atoms with E-state index in [1.165, 1.54) is 7.11 Å². The number of carbonyl (C=O) groups is 3. The first-order valence-electron chi connectivity index (χ1n) is 8.29. The van der Waals surface area contributed by atoms with Gasteiger partial charge in [0.05, 0.1) is 18.2 Å². The molecule has 2 heterocycles. The van der Waals surface area contributed by atoms with E-state index < -0.39 is 23.8 Å². The largest absolute Gasteiger partial charge is 0.467 e. The Labute approximate surface area is 154 Å². The Balaban J connectivity index is 1.66. The van der Waals surface area contributed by atoms with Gasteiger partial charge < -0.3 is 4.74 Å². The molecule has 0 bridgehead atoms. The number of carbonyl (C=O) groups excluding carboxylic acids is 3. The normalized spacial score (nSPS) is 15.9. The second-order valence-electron chi connectivity index (χ2n) is 6.08. The minimum atomic E-state index is -1.16. The first kappa shape index (κ1) is 16.8. The molecule has 0 fully saturated rings. The van der Waals surface area contributed by atoms with Gasteiger partial charge in [-0.2, -0.15) is 0 Å². The number of hydrogen-bond acceptors (Lipinski definition) is 6. The standard InChI is InChI=1S/C20H15NO6/c1-25-20(24)16(11-13-10-12-6-2-5-9-17(12)27-26-13)21-18(22)14-7-3-4-8-15(14)19(21)23/h2-10,16H,11H2,1H3/t16-/m0/s1. The molecule has 2 amide bonds. The number of hydrogen-bond donors (Lipinski definition) is 0. The summed E-state index contributed by atoms with van der Waals surface area (Å²) in [6.45, 7) is 0. The lowest BCUT2D eigenvalue weighted by molar-refractivity contribution is -0.174. The predicted molar refractivity (Wildman–Crippen MR) is 93.5 cm³/mol. The summed E-state index contributed by atoms with van der Waals surface area (Å²) < 4.78 is 4.82. The quantitative estimate of drug-likeness (QED) is 0.471. The van der Waals surface area contributed by atoms with Gasteiger partial charge in [-0.3, -0.25) is 24.3 Å². The van der Waals surface area contributed by atoms with E-state index in [4.69, 9.17) is 14.5 Å². The summed E-state index contributed by atoms with van der Waals surface area (Å²) in [6, 6.07) is 12.5. The molecule has 4 rings (SSSR count). The van der Waals surface area contributed by atoms with Crippen molar-refractivity contribution in [2.24, 2.45) is 0 Å². The van der Waals surface area contributed by atoms with Crippen molar-refractivity contribution in [3.05, 3.63) is 71.0 Å². The summed E-state index contributed by atoms with van der Waals surface area (Å²) in [4.78, 5) is 49.2. The second-order valence-corrected chi connectivity index (χ2v) is 6.08. The molecule has 0 unspecified atom stereocenters. The summed E-state index contributed by atoms with van der Waals surface area (Å²) in [5, 5.41) is 0. The summed E-state index contributed by atoms with van der Waals surface area (Å²) in [5.41, 5.74) is 1.29. The van der Waals surface area contributed by atoms with Crippen molar-refractivity contribution in [2.75, 3.05) is 7.11 Å². The molecule has 0 radical (unpaired) electrons. The topological polar surface area (TPSA) is 82.1 Å². The summed E-state index contributed by atoms with van der Waals surface area (Å²) in [6.07, 6.45) is 1.64. The SMILES string of the molecule is COC(=O)[C@H](CC1=Cc2ccccc2OO1)N1C(=O)c2ccccc2C1=O. The molecule has 2 aromatic carbocycles. The van der Waals surface area contributed by atoms with Crippen LogP contribution in [0.3, 0.4) is 0 Å². The van der Waals surface area contributed by atoms with Crippen LogP contribution in [0.2, 0.25) is 0 Å². The lowest BCUT2D eigenvalue weighted by atomic mass is 10.1. The van der Waals surface area contributed by atoms with Gasteiger partial charge in [0, 0.05) is 12.0 Å². The van der Waals surface area contributed by atoms with Crippen molar-refractivity contribution in [3.8, 4) is 5.75 Å². The number of methoxy groups -OCH3 is 1. The molecule has 0 aromatic heterocycles. The van der Waals surface area contributed by atoms with E-state index in [-0.39, 0.29) is 17.5 Å². The van der Waals surface area contributed by atoms with Gasteiger partial charge >= 0.3 is 5.97 Å². The van der Waals surface area contributed by atoms with E-state index >= 15 is 0 Å². The monoisotopic (exact) mass is 365 g/mol. The molecule has 0 N–H and O–H groups in total. The Hall–Kier alpha value is -3.61. The maximum atomic E-state index is 12.7. The molecular weight excluding hydrogens is 350 g/mol. The van der Waals surface area contributed by atoms with Crippen LogP contribution in [-0.2, 0) is 14.4 Å². The molecule has 0 aliphatic carbocycles. The molecule has 2 aliphatic heterocycles. The van der Waals surface area contributed by atoms with E-state index in [9.17, 15) is 14.4 Å². The Bertz CT molecular complexity index is 945. The van der Waals surface area contributed by atoms with Crippen LogP contribution in [-0.4, -0.2) is 35.8 Å². The lowest BCUT2D eigenvalue weighted by Crippen LogP contribution is -2.45. The Morgan fingerprint density at radius 1 is 1.00 bits per heavy atom. The van der Waals surface area contributed by atoms with Crippen LogP contribution >= 0.6 is 0 Å². The molecule has 1 atom stereocenters. The highest BCUT2D eigenvalue weighted by molar-refractivity contribution is 6.22. The summed E-state index contributed by atoms with van der Waals surface area (Å²) >= 11 is 0. The van der Waals surface area contributed by atoms with Gasteiger partial charge in [-0.1, -0.05) is 30.3 Å². The highest BCUT2D eigenvalue weighted by Gasteiger charge is 2.44. The number of nitrogens with zero attached hydrogens (tertiary/aromatic N) is 1. The molecule has 2 aromatic rings. The number of esters is 1. The molecule has 7 heteroatoms. The maximum Gasteiger partial charge on any atom is 0.329 e. The molecule has 136 valence electrons. The van der Waals surface area contributed by atoms with E-state index in [1.54, 1.807) is 42.5 Å². The van der Waals surface area contributed by atoms with E-state index in [0.717, 1.165) is 10.5 Å². The number of ether oxygens (including phenoxy) is 1. The average molecular weight is 365 g/mol. The zero-order valence-electron chi connectivity index (χ0n) is 14.4. The number of rotatable bonds is 4. The van der Waals surface area contributed by atoms with Crippen LogP contribution in [0.4, 0.5) is 0 Å². The van der Waals surface area contributed by atoms with Crippen LogP contribution in [0.25, 0.3) is 6.08 Å². The number of amides is 2. The Kier molecular flexibility index (Phi) is 4.12. The number of imide groups is 1. The van der Waals surface area contributed by atoms with Crippen molar-refractivity contribution in [1.82, 2.24) is 4.90 Å². The third kappa shape index (κ3) is 2.83. The van der Waals surface area contributed by atoms with Crippen molar-refractivity contribution < 1.29 is 28.9 Å². The smallest absolute Gasteiger partial charge is 0.329 e. The van der Waals surface area contributed by atoms with E-state index in [2.05, 4.69) is 0 Å². The van der Waals surface area contributed by atoms with Crippen LogP contribution in [0.5, 0.6) is 5.75 Å². The van der Waals surface area contributed by atoms with Crippen LogP contribution in [0.15, 0.2) is 54.3 Å². The van der Waals surface area contributed by atoms with Crippen LogP contribution in [0, 0.1) is 0 Å². The highest BCUT2D eigenvalue weighted by Crippen LogP contribution is 2.31. The summed E-state index contributed by atoms with van der Waals surface area (Å²) in [7, 11) is 1.20. The van der Waals surface area contributed by atoms with E-state index in [0.29, 0.717) is 11.5 Å². The molecule has 27 heavy (non-hydrogen) atoms. The predicted octanol–water partition coefficient (Wildman–Crippen LogP) is 2.58. The molecule has 0 saturated carbocycles. The second kappa shape index (κ2) is 6.60. The van der Waals surface area contributed by atoms with Gasteiger partial charge in [0.2, 0.25) is 0 Å². The molecule has 2 aliphatic rings. The van der Waals surface area contributed by atoms with Crippen LogP contribution < -0.4 is 4.89 Å². The number of benzene rings is 2. The third-order valence-corrected chi connectivity index (χ3v) is 4.48. The van der Waals surface area contributed by atoms with Crippen molar-refractivity contribution in [1.29, 1.82) is 0 Å². The zero-order valence-corrected chi connectivity index (χ0v) is 14.4. The van der Waals surface area contributed by atoms with Gasteiger partial charge in [0.25, 0.3) is 11.8 Å². The lowest BCUT2D eigenvalue weighted by Gasteiger charge is -2.25.